The maximum atomic E-state index is 5.91. The molecule has 1 saturated carbocycles. The van der Waals surface area contributed by atoms with Gasteiger partial charge in [0.05, 0.1) is 5.54 Å². The Kier molecular flexibility index (Phi) is 2.30. The van der Waals surface area contributed by atoms with Crippen molar-refractivity contribution in [1.29, 1.82) is 0 Å². The third-order valence-corrected chi connectivity index (χ3v) is 2.53. The lowest BCUT2D eigenvalue weighted by Gasteiger charge is -2.10. The van der Waals surface area contributed by atoms with Crippen molar-refractivity contribution in [3.05, 3.63) is 36.4 Å². The summed E-state index contributed by atoms with van der Waals surface area (Å²) < 4.78 is 5.57. The summed E-state index contributed by atoms with van der Waals surface area (Å²) >= 11 is 0. The first-order chi connectivity index (χ1) is 6.72. The maximum absolute atomic E-state index is 5.91. The second-order valence-electron chi connectivity index (χ2n) is 3.92. The molecule has 0 amide bonds. The van der Waals surface area contributed by atoms with E-state index >= 15 is 0 Å². The van der Waals surface area contributed by atoms with Crippen LogP contribution in [0.15, 0.2) is 30.8 Å². The lowest BCUT2D eigenvalue weighted by Crippen LogP contribution is -2.29. The molecule has 0 bridgehead atoms. The van der Waals surface area contributed by atoms with Gasteiger partial charge in [-0.05, 0) is 30.5 Å². The van der Waals surface area contributed by atoms with E-state index < -0.39 is 0 Å². The second kappa shape index (κ2) is 3.46. The number of hydrogen-bond acceptors (Lipinski definition) is 2. The molecule has 2 N–H and O–H groups in total. The fraction of sp³-hybridized carbons (Fsp3) is 0.333. The second-order valence-corrected chi connectivity index (χ2v) is 3.92. The summed E-state index contributed by atoms with van der Waals surface area (Å²) in [6.45, 7) is 4.32. The molecule has 1 aromatic carbocycles. The molecule has 0 heterocycles. The molecule has 14 heavy (non-hydrogen) atoms. The van der Waals surface area contributed by atoms with Gasteiger partial charge in [-0.15, -0.1) is 0 Å². The monoisotopic (exact) mass is 189 g/mol. The van der Waals surface area contributed by atoms with Gasteiger partial charge >= 0.3 is 0 Å². The van der Waals surface area contributed by atoms with E-state index in [1.165, 1.54) is 0 Å². The van der Waals surface area contributed by atoms with Crippen LogP contribution in [-0.4, -0.2) is 12.1 Å². The van der Waals surface area contributed by atoms with Crippen LogP contribution in [0.4, 0.5) is 0 Å². The number of ether oxygens (including phenoxy) is 1. The van der Waals surface area contributed by atoms with Crippen LogP contribution in [0.2, 0.25) is 0 Å². The Balaban J connectivity index is 1.92. The summed E-state index contributed by atoms with van der Waals surface area (Å²) in [5.74, 6) is 0.882. The Bertz CT molecular complexity index is 325. The zero-order valence-electron chi connectivity index (χ0n) is 8.20. The topological polar surface area (TPSA) is 35.2 Å². The fourth-order valence-electron chi connectivity index (χ4n) is 1.23. The minimum absolute atomic E-state index is 0.0445. The van der Waals surface area contributed by atoms with Crippen LogP contribution in [0.1, 0.15) is 18.4 Å². The van der Waals surface area contributed by atoms with Crippen molar-refractivity contribution in [2.45, 2.75) is 18.4 Å². The first-order valence-corrected chi connectivity index (χ1v) is 4.86. The van der Waals surface area contributed by atoms with Gasteiger partial charge in [-0.2, -0.15) is 0 Å². The van der Waals surface area contributed by atoms with Crippen LogP contribution >= 0.6 is 0 Å². The molecule has 0 aromatic heterocycles. The fourth-order valence-corrected chi connectivity index (χ4v) is 1.23. The Hall–Kier alpha value is -1.28. The van der Waals surface area contributed by atoms with E-state index in [-0.39, 0.29) is 5.54 Å². The molecule has 2 rings (SSSR count). The molecule has 1 fully saturated rings. The first kappa shape index (κ1) is 9.28. The lowest BCUT2D eigenvalue weighted by atomic mass is 10.2. The summed E-state index contributed by atoms with van der Waals surface area (Å²) in [6, 6.07) is 7.86. The Labute approximate surface area is 84.4 Å². The molecule has 0 atom stereocenters. The zero-order valence-corrected chi connectivity index (χ0v) is 8.20. The van der Waals surface area contributed by atoms with Crippen molar-refractivity contribution in [1.82, 2.24) is 0 Å². The van der Waals surface area contributed by atoms with Crippen LogP contribution in [0.25, 0.3) is 6.08 Å². The van der Waals surface area contributed by atoms with Crippen molar-refractivity contribution in [3.8, 4) is 5.75 Å². The third kappa shape index (κ3) is 2.15. The Morgan fingerprint density at radius 3 is 2.50 bits per heavy atom. The van der Waals surface area contributed by atoms with Gasteiger partial charge in [0.15, 0.2) is 0 Å². The van der Waals surface area contributed by atoms with E-state index in [0.717, 1.165) is 24.2 Å². The number of benzene rings is 1. The highest BCUT2D eigenvalue weighted by Crippen LogP contribution is 2.32. The smallest absolute Gasteiger partial charge is 0.119 e. The Morgan fingerprint density at radius 1 is 1.36 bits per heavy atom. The first-order valence-electron chi connectivity index (χ1n) is 4.86. The number of hydrogen-bond donors (Lipinski definition) is 1. The standard InChI is InChI=1S/C12H15NO/c1-2-10-3-5-11(6-4-10)14-9-12(13)7-8-12/h2-6H,1,7-9,13H2. The van der Waals surface area contributed by atoms with E-state index in [9.17, 15) is 0 Å². The highest BCUT2D eigenvalue weighted by Gasteiger charge is 2.39. The summed E-state index contributed by atoms with van der Waals surface area (Å²) in [5.41, 5.74) is 6.97. The quantitative estimate of drug-likeness (QED) is 0.788. The van der Waals surface area contributed by atoms with Crippen molar-refractivity contribution in [3.63, 3.8) is 0 Å². The van der Waals surface area contributed by atoms with Crippen LogP contribution in [0.5, 0.6) is 5.75 Å². The van der Waals surface area contributed by atoms with Crippen molar-refractivity contribution >= 4 is 6.08 Å². The van der Waals surface area contributed by atoms with E-state index in [0.29, 0.717) is 6.61 Å². The molecular formula is C12H15NO. The normalized spacial score (nSPS) is 17.5. The van der Waals surface area contributed by atoms with Crippen LogP contribution in [0, 0.1) is 0 Å². The molecule has 1 aromatic rings. The zero-order chi connectivity index (χ0) is 10.0. The van der Waals surface area contributed by atoms with Gasteiger partial charge in [0.25, 0.3) is 0 Å². The number of rotatable bonds is 4. The van der Waals surface area contributed by atoms with Gasteiger partial charge in [-0.1, -0.05) is 24.8 Å². The average Bonchev–Trinajstić information content (AvgIpc) is 2.95. The molecule has 1 aliphatic rings. The Morgan fingerprint density at radius 2 is 2.00 bits per heavy atom. The molecule has 2 heteroatoms. The highest BCUT2D eigenvalue weighted by atomic mass is 16.5. The van der Waals surface area contributed by atoms with E-state index in [1.807, 2.05) is 30.3 Å². The number of nitrogens with two attached hydrogens (primary N) is 1. The summed E-state index contributed by atoms with van der Waals surface area (Å²) in [5, 5.41) is 0. The van der Waals surface area contributed by atoms with Gasteiger partial charge in [-0.3, -0.25) is 0 Å². The molecule has 0 radical (unpaired) electrons. The third-order valence-electron chi connectivity index (χ3n) is 2.53. The lowest BCUT2D eigenvalue weighted by molar-refractivity contribution is 0.279. The van der Waals surface area contributed by atoms with Crippen LogP contribution in [-0.2, 0) is 0 Å². The summed E-state index contributed by atoms with van der Waals surface area (Å²) in [6.07, 6.45) is 3.98. The van der Waals surface area contributed by atoms with Gasteiger partial charge < -0.3 is 10.5 Å². The molecule has 0 saturated heterocycles. The van der Waals surface area contributed by atoms with E-state index in [4.69, 9.17) is 10.5 Å². The largest absolute Gasteiger partial charge is 0.492 e. The van der Waals surface area contributed by atoms with Crippen LogP contribution < -0.4 is 10.5 Å². The molecule has 1 aliphatic carbocycles. The predicted molar refractivity (Wildman–Crippen MR) is 58.2 cm³/mol. The SMILES string of the molecule is C=Cc1ccc(OCC2(N)CC2)cc1. The molecular weight excluding hydrogens is 174 g/mol. The molecule has 0 unspecified atom stereocenters. The van der Waals surface area contributed by atoms with Crippen molar-refractivity contribution in [2.24, 2.45) is 5.73 Å². The average molecular weight is 189 g/mol. The van der Waals surface area contributed by atoms with Crippen molar-refractivity contribution in [2.75, 3.05) is 6.61 Å². The molecule has 0 spiro atoms. The summed E-state index contributed by atoms with van der Waals surface area (Å²) in [7, 11) is 0. The van der Waals surface area contributed by atoms with E-state index in [1.54, 1.807) is 0 Å². The van der Waals surface area contributed by atoms with E-state index in [2.05, 4.69) is 6.58 Å². The minimum Gasteiger partial charge on any atom is -0.492 e. The van der Waals surface area contributed by atoms with Gasteiger partial charge in [0, 0.05) is 0 Å². The highest BCUT2D eigenvalue weighted by molar-refractivity contribution is 5.48. The van der Waals surface area contributed by atoms with Crippen LogP contribution in [0.3, 0.4) is 0 Å². The predicted octanol–water partition coefficient (Wildman–Crippen LogP) is 2.20. The van der Waals surface area contributed by atoms with Gasteiger partial charge in [0.1, 0.15) is 12.4 Å². The van der Waals surface area contributed by atoms with Crippen molar-refractivity contribution < 1.29 is 4.74 Å². The maximum Gasteiger partial charge on any atom is 0.119 e. The van der Waals surface area contributed by atoms with Gasteiger partial charge in [-0.25, -0.2) is 0 Å². The van der Waals surface area contributed by atoms with Gasteiger partial charge in [0.2, 0.25) is 0 Å². The molecule has 74 valence electrons. The molecule has 2 nitrogen and oxygen atoms in total. The minimum atomic E-state index is -0.0445. The molecule has 0 aliphatic heterocycles. The summed E-state index contributed by atoms with van der Waals surface area (Å²) in [4.78, 5) is 0.